The highest BCUT2D eigenvalue weighted by Gasteiger charge is 2.09. The minimum absolute atomic E-state index is 1.27. The average molecular weight is 258 g/mol. The van der Waals surface area contributed by atoms with E-state index in [1.807, 2.05) is 0 Å². The van der Waals surface area contributed by atoms with Gasteiger partial charge in [0.1, 0.15) is 0 Å². The van der Waals surface area contributed by atoms with Crippen LogP contribution in [0, 0.1) is 13.8 Å². The molecule has 0 aliphatic heterocycles. The molecule has 0 unspecified atom stereocenters. The summed E-state index contributed by atoms with van der Waals surface area (Å²) in [7, 11) is 0. The second-order valence-corrected chi connectivity index (χ2v) is 5.23. The lowest BCUT2D eigenvalue weighted by Crippen LogP contribution is -1.89. The van der Waals surface area contributed by atoms with Crippen LogP contribution in [0.1, 0.15) is 11.1 Å². The Hall–Kier alpha value is -2.34. The molecule has 0 nitrogen and oxygen atoms in total. The Kier molecular flexibility index (Phi) is 3.39. The molecule has 0 radical (unpaired) electrons. The summed E-state index contributed by atoms with van der Waals surface area (Å²) in [5.41, 5.74) is 7.80. The summed E-state index contributed by atoms with van der Waals surface area (Å²) in [4.78, 5) is 0. The molecule has 0 N–H and O–H groups in total. The van der Waals surface area contributed by atoms with Gasteiger partial charge in [-0.05, 0) is 41.7 Å². The van der Waals surface area contributed by atoms with Crippen LogP contribution in [0.25, 0.3) is 22.3 Å². The summed E-state index contributed by atoms with van der Waals surface area (Å²) in [5.74, 6) is 0. The van der Waals surface area contributed by atoms with E-state index in [2.05, 4.69) is 86.6 Å². The van der Waals surface area contributed by atoms with Gasteiger partial charge >= 0.3 is 0 Å². The quantitative estimate of drug-likeness (QED) is 0.558. The topological polar surface area (TPSA) is 0 Å². The van der Waals surface area contributed by atoms with E-state index >= 15 is 0 Å². The van der Waals surface area contributed by atoms with E-state index in [1.165, 1.54) is 33.4 Å². The standard InChI is InChI=1S/C20H18/c1-15-11-13-18(14-12-15)20-16(2)7-6-10-19(20)17-8-4-3-5-9-17/h3-14H,1-2H3. The first kappa shape index (κ1) is 12.7. The highest BCUT2D eigenvalue weighted by molar-refractivity contribution is 5.85. The van der Waals surface area contributed by atoms with Crippen molar-refractivity contribution in [3.8, 4) is 22.3 Å². The maximum Gasteiger partial charge on any atom is -0.00761 e. The molecule has 0 heteroatoms. The Morgan fingerprint density at radius 3 is 1.95 bits per heavy atom. The fourth-order valence-electron chi connectivity index (χ4n) is 2.63. The Balaban J connectivity index is 2.22. The van der Waals surface area contributed by atoms with Gasteiger partial charge in [-0.2, -0.15) is 0 Å². The van der Waals surface area contributed by atoms with Crippen molar-refractivity contribution in [2.24, 2.45) is 0 Å². The SMILES string of the molecule is Cc1ccc(-c2c(C)cccc2-c2ccccc2)cc1. The van der Waals surface area contributed by atoms with Crippen LogP contribution < -0.4 is 0 Å². The van der Waals surface area contributed by atoms with Crippen LogP contribution in [0.4, 0.5) is 0 Å². The van der Waals surface area contributed by atoms with Crippen molar-refractivity contribution >= 4 is 0 Å². The maximum atomic E-state index is 2.21. The Morgan fingerprint density at radius 1 is 0.550 bits per heavy atom. The van der Waals surface area contributed by atoms with Gasteiger partial charge in [0.25, 0.3) is 0 Å². The Bertz CT molecular complexity index is 707. The van der Waals surface area contributed by atoms with E-state index < -0.39 is 0 Å². The van der Waals surface area contributed by atoms with E-state index in [0.717, 1.165) is 0 Å². The smallest absolute Gasteiger partial charge is 0.00761 e. The summed E-state index contributed by atoms with van der Waals surface area (Å²) >= 11 is 0. The van der Waals surface area contributed by atoms with Crippen molar-refractivity contribution in [2.45, 2.75) is 13.8 Å². The third kappa shape index (κ3) is 2.37. The summed E-state index contributed by atoms with van der Waals surface area (Å²) in [6.07, 6.45) is 0. The van der Waals surface area contributed by atoms with E-state index in [-0.39, 0.29) is 0 Å². The second-order valence-electron chi connectivity index (χ2n) is 5.23. The van der Waals surface area contributed by atoms with Crippen LogP contribution in [0.2, 0.25) is 0 Å². The van der Waals surface area contributed by atoms with Crippen molar-refractivity contribution in [2.75, 3.05) is 0 Å². The van der Waals surface area contributed by atoms with Gasteiger partial charge in [-0.1, -0.05) is 78.4 Å². The first-order valence-corrected chi connectivity index (χ1v) is 6.98. The highest BCUT2D eigenvalue weighted by Crippen LogP contribution is 2.34. The molecule has 0 fully saturated rings. The molecule has 20 heavy (non-hydrogen) atoms. The van der Waals surface area contributed by atoms with Crippen molar-refractivity contribution < 1.29 is 0 Å². The van der Waals surface area contributed by atoms with E-state index in [0.29, 0.717) is 0 Å². The van der Waals surface area contributed by atoms with Gasteiger partial charge in [0.05, 0.1) is 0 Å². The maximum absolute atomic E-state index is 2.21. The summed E-state index contributed by atoms with van der Waals surface area (Å²) in [6.45, 7) is 4.31. The molecule has 0 saturated heterocycles. The number of aryl methyl sites for hydroxylation is 2. The van der Waals surface area contributed by atoms with Gasteiger partial charge in [0.15, 0.2) is 0 Å². The molecule has 0 aromatic heterocycles. The van der Waals surface area contributed by atoms with Gasteiger partial charge in [-0.3, -0.25) is 0 Å². The molecule has 0 heterocycles. The van der Waals surface area contributed by atoms with Crippen LogP contribution in [-0.4, -0.2) is 0 Å². The largest absolute Gasteiger partial charge is 0.0622 e. The lowest BCUT2D eigenvalue weighted by atomic mass is 9.91. The third-order valence-electron chi connectivity index (χ3n) is 3.70. The first-order chi connectivity index (χ1) is 9.75. The minimum Gasteiger partial charge on any atom is -0.0622 e. The minimum atomic E-state index is 1.27. The highest BCUT2D eigenvalue weighted by atomic mass is 14.1. The molecule has 3 aromatic carbocycles. The average Bonchev–Trinajstić information content (AvgIpc) is 2.49. The molecular formula is C20H18. The number of hydrogen-bond donors (Lipinski definition) is 0. The fourth-order valence-corrected chi connectivity index (χ4v) is 2.63. The third-order valence-corrected chi connectivity index (χ3v) is 3.70. The normalized spacial score (nSPS) is 10.5. The molecule has 0 aliphatic rings. The predicted octanol–water partition coefficient (Wildman–Crippen LogP) is 5.64. The van der Waals surface area contributed by atoms with Crippen molar-refractivity contribution in [3.63, 3.8) is 0 Å². The molecule has 3 aromatic rings. The van der Waals surface area contributed by atoms with Crippen LogP contribution in [-0.2, 0) is 0 Å². The van der Waals surface area contributed by atoms with Gasteiger partial charge in [0.2, 0.25) is 0 Å². The van der Waals surface area contributed by atoms with Gasteiger partial charge in [-0.15, -0.1) is 0 Å². The monoisotopic (exact) mass is 258 g/mol. The first-order valence-electron chi connectivity index (χ1n) is 6.98. The van der Waals surface area contributed by atoms with Gasteiger partial charge < -0.3 is 0 Å². The predicted molar refractivity (Wildman–Crippen MR) is 86.8 cm³/mol. The molecule has 0 saturated carbocycles. The molecule has 98 valence electrons. The number of benzene rings is 3. The molecule has 0 aliphatic carbocycles. The van der Waals surface area contributed by atoms with Crippen molar-refractivity contribution in [1.29, 1.82) is 0 Å². The summed E-state index contributed by atoms with van der Waals surface area (Å²) < 4.78 is 0. The molecule has 0 spiro atoms. The van der Waals surface area contributed by atoms with Crippen LogP contribution in [0.5, 0.6) is 0 Å². The molecular weight excluding hydrogens is 240 g/mol. The van der Waals surface area contributed by atoms with Crippen LogP contribution >= 0.6 is 0 Å². The molecule has 0 amide bonds. The second kappa shape index (κ2) is 5.34. The molecule has 0 bridgehead atoms. The zero-order valence-electron chi connectivity index (χ0n) is 11.9. The molecule has 0 atom stereocenters. The molecule has 3 rings (SSSR count). The van der Waals surface area contributed by atoms with E-state index in [9.17, 15) is 0 Å². The fraction of sp³-hybridized carbons (Fsp3) is 0.100. The Labute approximate surface area is 120 Å². The van der Waals surface area contributed by atoms with Gasteiger partial charge in [-0.25, -0.2) is 0 Å². The van der Waals surface area contributed by atoms with Crippen molar-refractivity contribution in [1.82, 2.24) is 0 Å². The van der Waals surface area contributed by atoms with Crippen LogP contribution in [0.3, 0.4) is 0 Å². The summed E-state index contributed by atoms with van der Waals surface area (Å²) in [6, 6.07) is 25.9. The van der Waals surface area contributed by atoms with E-state index in [4.69, 9.17) is 0 Å². The zero-order valence-corrected chi connectivity index (χ0v) is 11.9. The van der Waals surface area contributed by atoms with Crippen LogP contribution in [0.15, 0.2) is 72.8 Å². The zero-order chi connectivity index (χ0) is 13.9. The lowest BCUT2D eigenvalue weighted by molar-refractivity contribution is 1.43. The van der Waals surface area contributed by atoms with Gasteiger partial charge in [0, 0.05) is 0 Å². The Morgan fingerprint density at radius 2 is 1.25 bits per heavy atom. The number of hydrogen-bond acceptors (Lipinski definition) is 0. The summed E-state index contributed by atoms with van der Waals surface area (Å²) in [5, 5.41) is 0. The van der Waals surface area contributed by atoms with Crippen molar-refractivity contribution in [3.05, 3.63) is 83.9 Å². The van der Waals surface area contributed by atoms with E-state index in [1.54, 1.807) is 0 Å². The number of rotatable bonds is 2. The lowest BCUT2D eigenvalue weighted by Gasteiger charge is -2.13.